The second kappa shape index (κ2) is 7.93. The average Bonchev–Trinajstić information content (AvgIpc) is 2.48. The van der Waals surface area contributed by atoms with Gasteiger partial charge in [0.25, 0.3) is 0 Å². The molecule has 2 rings (SSSR count). The molecule has 0 aliphatic carbocycles. The van der Waals surface area contributed by atoms with Crippen molar-refractivity contribution in [1.82, 2.24) is 9.80 Å². The first-order chi connectivity index (χ1) is 11.6. The maximum Gasteiger partial charge on any atom is 0.232 e. The Kier molecular flexibility index (Phi) is 6.35. The van der Waals surface area contributed by atoms with Crippen molar-refractivity contribution in [3.63, 3.8) is 0 Å². The first-order valence-electron chi connectivity index (χ1n) is 8.30. The Hall–Kier alpha value is -1.31. The minimum absolute atomic E-state index is 0.0253. The lowest BCUT2D eigenvalue weighted by atomic mass is 10.1. The van der Waals surface area contributed by atoms with Crippen molar-refractivity contribution in [2.75, 3.05) is 50.3 Å². The number of halogens is 1. The number of sulfonamides is 1. The fraction of sp³-hybridized carbons (Fsp3) is 0.588. The van der Waals surface area contributed by atoms with Crippen LogP contribution < -0.4 is 4.31 Å². The summed E-state index contributed by atoms with van der Waals surface area (Å²) in [5, 5.41) is 0.384. The second-order valence-corrected chi connectivity index (χ2v) is 9.00. The number of hydrogen-bond acceptors (Lipinski definition) is 4. The summed E-state index contributed by atoms with van der Waals surface area (Å²) in [6, 6.07) is 3.63. The second-order valence-electron chi connectivity index (χ2n) is 6.68. The van der Waals surface area contributed by atoms with Gasteiger partial charge in [-0.1, -0.05) is 17.7 Å². The van der Waals surface area contributed by atoms with Crippen molar-refractivity contribution < 1.29 is 13.2 Å². The zero-order valence-electron chi connectivity index (χ0n) is 15.2. The molecule has 1 aromatic carbocycles. The van der Waals surface area contributed by atoms with Crippen LogP contribution in [0.25, 0.3) is 0 Å². The number of amides is 1. The maximum atomic E-state index is 12.4. The summed E-state index contributed by atoms with van der Waals surface area (Å²) in [6.07, 6.45) is 1.28. The van der Waals surface area contributed by atoms with E-state index in [1.165, 1.54) is 4.31 Å². The van der Waals surface area contributed by atoms with Crippen LogP contribution in [0.2, 0.25) is 5.02 Å². The van der Waals surface area contributed by atoms with Gasteiger partial charge in [-0.15, -0.1) is 0 Å². The minimum atomic E-state index is -3.54. The van der Waals surface area contributed by atoms with E-state index >= 15 is 0 Å². The van der Waals surface area contributed by atoms with Gasteiger partial charge in [0.15, 0.2) is 0 Å². The highest BCUT2D eigenvalue weighted by atomic mass is 35.5. The minimum Gasteiger partial charge on any atom is -0.340 e. The number of carbonyl (C=O) groups excluding carboxylic acids is 1. The lowest BCUT2D eigenvalue weighted by Gasteiger charge is -2.33. The van der Waals surface area contributed by atoms with E-state index in [4.69, 9.17) is 11.6 Å². The first kappa shape index (κ1) is 20.0. The molecular formula is C17H26ClN3O3S. The largest absolute Gasteiger partial charge is 0.340 e. The van der Waals surface area contributed by atoms with Crippen molar-refractivity contribution in [2.24, 2.45) is 0 Å². The van der Waals surface area contributed by atoms with E-state index in [1.54, 1.807) is 11.0 Å². The number of likely N-dealkylation sites (N-methyl/N-ethyl adjacent to an activating group) is 1. The third-order valence-electron chi connectivity index (χ3n) is 4.43. The van der Waals surface area contributed by atoms with Gasteiger partial charge in [-0.3, -0.25) is 9.10 Å². The Morgan fingerprint density at radius 1 is 1.20 bits per heavy atom. The summed E-state index contributed by atoms with van der Waals surface area (Å²) >= 11 is 6.31. The van der Waals surface area contributed by atoms with E-state index in [9.17, 15) is 13.2 Å². The van der Waals surface area contributed by atoms with Crippen LogP contribution in [0.1, 0.15) is 17.5 Å². The van der Waals surface area contributed by atoms with Gasteiger partial charge >= 0.3 is 0 Å². The number of hydrogen-bond donors (Lipinski definition) is 0. The number of anilines is 1. The van der Waals surface area contributed by atoms with Crippen molar-refractivity contribution in [2.45, 2.75) is 20.3 Å². The molecule has 1 aromatic rings. The Labute approximate surface area is 155 Å². The Morgan fingerprint density at radius 3 is 2.32 bits per heavy atom. The first-order valence-corrected chi connectivity index (χ1v) is 10.5. The van der Waals surface area contributed by atoms with E-state index in [0.717, 1.165) is 30.5 Å². The molecule has 0 radical (unpaired) electrons. The van der Waals surface area contributed by atoms with Crippen LogP contribution in [0.3, 0.4) is 0 Å². The molecule has 8 heteroatoms. The zero-order chi connectivity index (χ0) is 18.8. The van der Waals surface area contributed by atoms with Gasteiger partial charge in [0.2, 0.25) is 15.9 Å². The monoisotopic (exact) mass is 387 g/mol. The molecule has 140 valence electrons. The molecule has 0 aromatic heterocycles. The SMILES string of the molecule is Cc1cc(C)c(N(CCC(=O)N2CCN(C)CC2)S(C)(=O)=O)c(Cl)c1. The number of carbonyl (C=O) groups is 1. The number of aryl methyl sites for hydroxylation is 2. The average molecular weight is 388 g/mol. The van der Waals surface area contributed by atoms with E-state index < -0.39 is 10.0 Å². The molecule has 1 saturated heterocycles. The third kappa shape index (κ3) is 5.09. The lowest BCUT2D eigenvalue weighted by Crippen LogP contribution is -2.48. The molecule has 0 bridgehead atoms. The van der Waals surface area contributed by atoms with Crippen LogP contribution in [-0.4, -0.2) is 70.2 Å². The quantitative estimate of drug-likeness (QED) is 0.774. The van der Waals surface area contributed by atoms with Gasteiger partial charge in [-0.05, 0) is 38.1 Å². The highest BCUT2D eigenvalue weighted by molar-refractivity contribution is 7.92. The van der Waals surface area contributed by atoms with E-state index in [2.05, 4.69) is 4.90 Å². The smallest absolute Gasteiger partial charge is 0.232 e. The summed E-state index contributed by atoms with van der Waals surface area (Å²) in [7, 11) is -1.52. The molecule has 0 saturated carbocycles. The van der Waals surface area contributed by atoms with Gasteiger partial charge in [0.1, 0.15) is 0 Å². The summed E-state index contributed by atoms with van der Waals surface area (Å²) in [6.45, 7) is 6.86. The van der Waals surface area contributed by atoms with Crippen LogP contribution in [0.5, 0.6) is 0 Å². The molecule has 0 spiro atoms. The molecule has 1 amide bonds. The Bertz CT molecular complexity index is 721. The summed E-state index contributed by atoms with van der Waals surface area (Å²) < 4.78 is 25.8. The molecule has 1 aliphatic heterocycles. The van der Waals surface area contributed by atoms with Crippen molar-refractivity contribution in [1.29, 1.82) is 0 Å². The molecular weight excluding hydrogens is 362 g/mol. The standard InChI is InChI=1S/C17H26ClN3O3S/c1-13-11-14(2)17(15(18)12-13)21(25(4,23)24)6-5-16(22)20-9-7-19(3)8-10-20/h11-12H,5-10H2,1-4H3. The number of nitrogens with zero attached hydrogens (tertiary/aromatic N) is 3. The van der Waals surface area contributed by atoms with Crippen LogP contribution in [0.15, 0.2) is 12.1 Å². The Morgan fingerprint density at radius 2 is 1.80 bits per heavy atom. The van der Waals surface area contributed by atoms with Gasteiger partial charge in [0, 0.05) is 39.1 Å². The molecule has 0 unspecified atom stereocenters. The highest BCUT2D eigenvalue weighted by Gasteiger charge is 2.25. The summed E-state index contributed by atoms with van der Waals surface area (Å²) in [5.74, 6) is -0.0253. The molecule has 1 aliphatic rings. The lowest BCUT2D eigenvalue weighted by molar-refractivity contribution is -0.132. The van der Waals surface area contributed by atoms with Gasteiger partial charge in [-0.25, -0.2) is 8.42 Å². The predicted octanol–water partition coefficient (Wildman–Crippen LogP) is 1.89. The molecule has 0 N–H and O–H groups in total. The molecule has 1 heterocycles. The maximum absolute atomic E-state index is 12.4. The molecule has 1 fully saturated rings. The van der Waals surface area contributed by atoms with Crippen LogP contribution in [0, 0.1) is 13.8 Å². The topological polar surface area (TPSA) is 60.9 Å². The van der Waals surface area contributed by atoms with Crippen molar-refractivity contribution in [3.05, 3.63) is 28.3 Å². The fourth-order valence-electron chi connectivity index (χ4n) is 3.08. The number of rotatable bonds is 5. The van der Waals surface area contributed by atoms with Crippen molar-refractivity contribution in [3.8, 4) is 0 Å². The third-order valence-corrected chi connectivity index (χ3v) is 5.89. The molecule has 6 nitrogen and oxygen atoms in total. The van der Waals surface area contributed by atoms with Gasteiger partial charge in [-0.2, -0.15) is 0 Å². The summed E-state index contributed by atoms with van der Waals surface area (Å²) in [4.78, 5) is 16.4. The zero-order valence-corrected chi connectivity index (χ0v) is 16.8. The van der Waals surface area contributed by atoms with Gasteiger partial charge < -0.3 is 9.80 Å². The number of benzene rings is 1. The van der Waals surface area contributed by atoms with Crippen molar-refractivity contribution >= 4 is 33.2 Å². The molecule has 0 atom stereocenters. The highest BCUT2D eigenvalue weighted by Crippen LogP contribution is 2.32. The number of piperazine rings is 1. The van der Waals surface area contributed by atoms with Crippen LogP contribution >= 0.6 is 11.6 Å². The van der Waals surface area contributed by atoms with E-state index in [1.807, 2.05) is 27.0 Å². The summed E-state index contributed by atoms with van der Waals surface area (Å²) in [5.41, 5.74) is 2.21. The van der Waals surface area contributed by atoms with E-state index in [-0.39, 0.29) is 18.9 Å². The van der Waals surface area contributed by atoms with Crippen LogP contribution in [0.4, 0.5) is 5.69 Å². The fourth-order valence-corrected chi connectivity index (χ4v) is 4.55. The normalized spacial score (nSPS) is 16.1. The van der Waals surface area contributed by atoms with Gasteiger partial charge in [0.05, 0.1) is 17.0 Å². The Balaban J connectivity index is 2.16. The molecule has 25 heavy (non-hydrogen) atoms. The predicted molar refractivity (Wildman–Crippen MR) is 102 cm³/mol. The van der Waals surface area contributed by atoms with Crippen LogP contribution in [-0.2, 0) is 14.8 Å². The van der Waals surface area contributed by atoms with E-state index in [0.29, 0.717) is 23.8 Å².